The molecule has 1 heterocycles. The number of sulfonamides is 1. The highest BCUT2D eigenvalue weighted by atomic mass is 35.5. The van der Waals surface area contributed by atoms with Crippen molar-refractivity contribution in [2.45, 2.75) is 56.1 Å². The van der Waals surface area contributed by atoms with Crippen molar-refractivity contribution in [3.8, 4) is 5.75 Å². The number of rotatable bonds is 4. The zero-order chi connectivity index (χ0) is 15.7. The highest BCUT2D eigenvalue weighted by molar-refractivity contribution is 7.89. The third-order valence-electron chi connectivity index (χ3n) is 4.70. The lowest BCUT2D eigenvalue weighted by Gasteiger charge is -2.31. The number of hydrogen-bond donors (Lipinski definition) is 2. The van der Waals surface area contributed by atoms with Crippen LogP contribution in [0, 0.1) is 5.92 Å². The lowest BCUT2D eigenvalue weighted by molar-refractivity contribution is 0.254. The maximum Gasteiger partial charge on any atom is 0.240 e. The first-order chi connectivity index (χ1) is 10.5. The fourth-order valence-electron chi connectivity index (χ4n) is 3.48. The van der Waals surface area contributed by atoms with Crippen molar-refractivity contribution in [3.63, 3.8) is 0 Å². The Bertz CT molecular complexity index is 651. The Hall–Kier alpha value is -0.820. The van der Waals surface area contributed by atoms with E-state index in [9.17, 15) is 8.42 Å². The minimum atomic E-state index is -3.50. The quantitative estimate of drug-likeness (QED) is 0.862. The van der Waals surface area contributed by atoms with Gasteiger partial charge in [-0.15, -0.1) is 12.4 Å². The molecule has 0 saturated heterocycles. The van der Waals surface area contributed by atoms with Crippen LogP contribution in [-0.2, 0) is 16.4 Å². The van der Waals surface area contributed by atoms with Gasteiger partial charge < -0.3 is 10.5 Å². The molecule has 1 aromatic carbocycles. The lowest BCUT2D eigenvalue weighted by atomic mass is 9.85. The summed E-state index contributed by atoms with van der Waals surface area (Å²) in [4.78, 5) is 0.324. The van der Waals surface area contributed by atoms with Crippen molar-refractivity contribution < 1.29 is 13.2 Å². The van der Waals surface area contributed by atoms with Gasteiger partial charge in [-0.25, -0.2) is 13.1 Å². The van der Waals surface area contributed by atoms with Crippen LogP contribution in [0.4, 0.5) is 0 Å². The number of hydrogen-bond acceptors (Lipinski definition) is 4. The summed E-state index contributed by atoms with van der Waals surface area (Å²) in [7, 11) is -3.50. The summed E-state index contributed by atoms with van der Waals surface area (Å²) >= 11 is 0. The van der Waals surface area contributed by atoms with Gasteiger partial charge in [0, 0.05) is 12.5 Å². The monoisotopic (exact) mass is 360 g/mol. The Morgan fingerprint density at radius 1 is 1.30 bits per heavy atom. The average Bonchev–Trinajstić information content (AvgIpc) is 2.86. The zero-order valence-electron chi connectivity index (χ0n) is 13.3. The summed E-state index contributed by atoms with van der Waals surface area (Å²) in [5, 5.41) is 0. The maximum atomic E-state index is 12.7. The third-order valence-corrected chi connectivity index (χ3v) is 6.18. The predicted octanol–water partition coefficient (Wildman–Crippen LogP) is 2.23. The van der Waals surface area contributed by atoms with Gasteiger partial charge in [0.05, 0.1) is 4.90 Å². The molecular weight excluding hydrogens is 336 g/mol. The Morgan fingerprint density at radius 3 is 2.78 bits per heavy atom. The zero-order valence-corrected chi connectivity index (χ0v) is 15.0. The smallest absolute Gasteiger partial charge is 0.240 e. The molecule has 7 heteroatoms. The number of halogens is 1. The molecule has 0 amide bonds. The molecule has 23 heavy (non-hydrogen) atoms. The fourth-order valence-corrected chi connectivity index (χ4v) is 4.87. The van der Waals surface area contributed by atoms with Gasteiger partial charge in [-0.05, 0) is 56.0 Å². The summed E-state index contributed by atoms with van der Waals surface area (Å²) in [6.07, 6.45) is 4.92. The summed E-state index contributed by atoms with van der Waals surface area (Å²) in [5.74, 6) is 1.03. The summed E-state index contributed by atoms with van der Waals surface area (Å²) in [6, 6.07) is 5.07. The minimum absolute atomic E-state index is 0. The van der Waals surface area contributed by atoms with Crippen molar-refractivity contribution in [2.75, 3.05) is 6.54 Å². The summed E-state index contributed by atoms with van der Waals surface area (Å²) < 4.78 is 33.8. The Morgan fingerprint density at radius 2 is 2.04 bits per heavy atom. The molecule has 0 spiro atoms. The normalized spacial score (nSPS) is 27.0. The van der Waals surface area contributed by atoms with E-state index in [-0.39, 0.29) is 30.5 Å². The van der Waals surface area contributed by atoms with E-state index in [0.29, 0.717) is 11.4 Å². The number of nitrogens with one attached hydrogen (secondary N) is 1. The topological polar surface area (TPSA) is 81.4 Å². The molecule has 2 aliphatic rings. The molecule has 3 atom stereocenters. The van der Waals surface area contributed by atoms with E-state index in [1.165, 1.54) is 0 Å². The molecule has 130 valence electrons. The average molecular weight is 361 g/mol. The Balaban J connectivity index is 0.00000192. The molecule has 3 unspecified atom stereocenters. The fraction of sp³-hybridized carbons (Fsp3) is 0.625. The third kappa shape index (κ3) is 3.99. The highest BCUT2D eigenvalue weighted by Crippen LogP contribution is 2.31. The molecule has 3 N–H and O–H groups in total. The van der Waals surface area contributed by atoms with Crippen molar-refractivity contribution >= 4 is 22.4 Å². The Labute approximate surface area is 144 Å². The van der Waals surface area contributed by atoms with Crippen LogP contribution in [0.2, 0.25) is 0 Å². The molecule has 1 fully saturated rings. The first-order valence-electron chi connectivity index (χ1n) is 8.01. The molecule has 1 aliphatic carbocycles. The van der Waals surface area contributed by atoms with Gasteiger partial charge in [0.25, 0.3) is 0 Å². The van der Waals surface area contributed by atoms with Crippen LogP contribution in [-0.4, -0.2) is 27.1 Å². The molecule has 5 nitrogen and oxygen atoms in total. The van der Waals surface area contributed by atoms with E-state index in [0.717, 1.165) is 43.4 Å². The first kappa shape index (κ1) is 18.5. The van der Waals surface area contributed by atoms with E-state index in [1.807, 2.05) is 6.92 Å². The van der Waals surface area contributed by atoms with E-state index in [2.05, 4.69) is 4.72 Å². The van der Waals surface area contributed by atoms with Crippen LogP contribution in [0.3, 0.4) is 0 Å². The van der Waals surface area contributed by atoms with Crippen LogP contribution < -0.4 is 15.2 Å². The van der Waals surface area contributed by atoms with Gasteiger partial charge in [-0.2, -0.15) is 0 Å². The first-order valence-corrected chi connectivity index (χ1v) is 9.50. The second-order valence-electron chi connectivity index (χ2n) is 6.41. The van der Waals surface area contributed by atoms with Crippen LogP contribution >= 0.6 is 12.4 Å². The molecule has 1 aromatic rings. The molecule has 0 aromatic heterocycles. The van der Waals surface area contributed by atoms with Gasteiger partial charge in [0.15, 0.2) is 0 Å². The van der Waals surface area contributed by atoms with Crippen molar-refractivity contribution in [3.05, 3.63) is 23.8 Å². The number of nitrogens with two attached hydrogens (primary N) is 1. The van der Waals surface area contributed by atoms with Gasteiger partial charge >= 0.3 is 0 Å². The van der Waals surface area contributed by atoms with Crippen molar-refractivity contribution in [1.82, 2.24) is 4.72 Å². The van der Waals surface area contributed by atoms with Gasteiger partial charge in [0.2, 0.25) is 10.0 Å². The highest BCUT2D eigenvalue weighted by Gasteiger charge is 2.29. The SMILES string of the molecule is CC1Cc2cc(S(=O)(=O)NC3CCCCC3CN)ccc2O1.Cl. The summed E-state index contributed by atoms with van der Waals surface area (Å²) in [5.41, 5.74) is 6.76. The number of ether oxygens (including phenoxy) is 1. The second kappa shape index (κ2) is 7.38. The van der Waals surface area contributed by atoms with Gasteiger partial charge in [0.1, 0.15) is 11.9 Å². The molecule has 0 bridgehead atoms. The molecule has 0 radical (unpaired) electrons. The van der Waals surface area contributed by atoms with Crippen LogP contribution in [0.5, 0.6) is 5.75 Å². The van der Waals surface area contributed by atoms with E-state index in [4.69, 9.17) is 10.5 Å². The van der Waals surface area contributed by atoms with E-state index >= 15 is 0 Å². The van der Waals surface area contributed by atoms with E-state index < -0.39 is 10.0 Å². The number of fused-ring (bicyclic) bond motifs is 1. The second-order valence-corrected chi connectivity index (χ2v) is 8.12. The maximum absolute atomic E-state index is 12.7. The van der Waals surface area contributed by atoms with E-state index in [1.54, 1.807) is 18.2 Å². The Kier molecular flexibility index (Phi) is 5.94. The molecular formula is C16H25ClN2O3S. The predicted molar refractivity (Wildman–Crippen MR) is 92.6 cm³/mol. The van der Waals surface area contributed by atoms with Gasteiger partial charge in [-0.3, -0.25) is 0 Å². The van der Waals surface area contributed by atoms with Gasteiger partial charge in [-0.1, -0.05) is 12.8 Å². The molecule has 1 aliphatic heterocycles. The van der Waals surface area contributed by atoms with Crippen LogP contribution in [0.1, 0.15) is 38.2 Å². The minimum Gasteiger partial charge on any atom is -0.490 e. The van der Waals surface area contributed by atoms with Crippen molar-refractivity contribution in [2.24, 2.45) is 11.7 Å². The van der Waals surface area contributed by atoms with Crippen molar-refractivity contribution in [1.29, 1.82) is 0 Å². The molecule has 1 saturated carbocycles. The summed E-state index contributed by atoms with van der Waals surface area (Å²) in [6.45, 7) is 2.52. The lowest BCUT2D eigenvalue weighted by Crippen LogP contribution is -2.44. The standard InChI is InChI=1S/C16H24N2O3S.ClH/c1-11-8-13-9-14(6-7-16(13)21-11)22(19,20)18-15-5-3-2-4-12(15)10-17;/h6-7,9,11-12,15,18H,2-5,8,10,17H2,1H3;1H. The molecule has 3 rings (SSSR count). The largest absolute Gasteiger partial charge is 0.490 e. The van der Waals surface area contributed by atoms with Crippen LogP contribution in [0.15, 0.2) is 23.1 Å². The number of benzene rings is 1. The van der Waals surface area contributed by atoms with Crippen LogP contribution in [0.25, 0.3) is 0 Å².